The Hall–Kier alpha value is -2.04. The van der Waals surface area contributed by atoms with Crippen molar-refractivity contribution in [2.24, 2.45) is 11.3 Å². The Kier molecular flexibility index (Phi) is 4.21. The van der Waals surface area contributed by atoms with Gasteiger partial charge in [-0.05, 0) is 11.0 Å². The van der Waals surface area contributed by atoms with E-state index in [0.717, 1.165) is 5.56 Å². The molecule has 1 heterocycles. The molecule has 1 fully saturated rings. The van der Waals surface area contributed by atoms with Crippen molar-refractivity contribution in [2.75, 3.05) is 6.54 Å². The van der Waals surface area contributed by atoms with Crippen molar-refractivity contribution >= 4 is 12.0 Å². The van der Waals surface area contributed by atoms with Crippen LogP contribution in [0, 0.1) is 11.3 Å². The molecule has 114 valence electrons. The number of hydrogen-bond donors (Lipinski definition) is 2. The van der Waals surface area contributed by atoms with Gasteiger partial charge in [0.05, 0.1) is 12.0 Å². The standard InChI is InChI=1S/C16H22N2O3/c1-16(2,3)13(14(19)20)12-9-17-15(21)18(12)10-11-7-5-4-6-8-11/h4-8,12-13H,9-10H2,1-3H3,(H,17,21)(H,19,20)/t12?,13-/m0/s1. The Morgan fingerprint density at radius 3 is 2.52 bits per heavy atom. The van der Waals surface area contributed by atoms with Crippen LogP contribution >= 0.6 is 0 Å². The highest BCUT2D eigenvalue weighted by atomic mass is 16.4. The number of aliphatic carboxylic acids is 1. The molecule has 2 rings (SSSR count). The molecular weight excluding hydrogens is 268 g/mol. The second-order valence-corrected chi connectivity index (χ2v) is 6.55. The third kappa shape index (κ3) is 3.35. The van der Waals surface area contributed by atoms with Gasteiger partial charge in [0, 0.05) is 13.1 Å². The largest absolute Gasteiger partial charge is 0.481 e. The van der Waals surface area contributed by atoms with Crippen LogP contribution in [0.1, 0.15) is 26.3 Å². The third-order valence-corrected chi connectivity index (χ3v) is 3.90. The highest BCUT2D eigenvalue weighted by molar-refractivity contribution is 5.80. The van der Waals surface area contributed by atoms with Crippen molar-refractivity contribution in [3.8, 4) is 0 Å². The molecule has 5 heteroatoms. The first-order valence-electron chi connectivity index (χ1n) is 7.12. The van der Waals surface area contributed by atoms with Crippen molar-refractivity contribution in [3.05, 3.63) is 35.9 Å². The van der Waals surface area contributed by atoms with E-state index >= 15 is 0 Å². The Morgan fingerprint density at radius 2 is 2.00 bits per heavy atom. The maximum Gasteiger partial charge on any atom is 0.318 e. The van der Waals surface area contributed by atoms with Gasteiger partial charge in [0.15, 0.2) is 0 Å². The summed E-state index contributed by atoms with van der Waals surface area (Å²) in [4.78, 5) is 25.4. The van der Waals surface area contributed by atoms with E-state index in [9.17, 15) is 14.7 Å². The highest BCUT2D eigenvalue weighted by Gasteiger charge is 2.45. The smallest absolute Gasteiger partial charge is 0.318 e. The molecule has 1 aliphatic heterocycles. The van der Waals surface area contributed by atoms with Gasteiger partial charge in [0.2, 0.25) is 0 Å². The van der Waals surface area contributed by atoms with Crippen LogP contribution in [0.4, 0.5) is 4.79 Å². The molecule has 0 aliphatic carbocycles. The number of carbonyl (C=O) groups excluding carboxylic acids is 1. The predicted octanol–water partition coefficient (Wildman–Crippen LogP) is 2.33. The molecule has 21 heavy (non-hydrogen) atoms. The normalized spacial score (nSPS) is 20.2. The van der Waals surface area contributed by atoms with Crippen LogP contribution in [0.2, 0.25) is 0 Å². The lowest BCUT2D eigenvalue weighted by Crippen LogP contribution is -2.47. The first kappa shape index (κ1) is 15.4. The maximum absolute atomic E-state index is 12.1. The summed E-state index contributed by atoms with van der Waals surface area (Å²) in [6.45, 7) is 6.50. The number of urea groups is 1. The molecule has 0 aromatic heterocycles. The van der Waals surface area contributed by atoms with Gasteiger partial charge in [-0.3, -0.25) is 4.79 Å². The minimum atomic E-state index is -0.859. The van der Waals surface area contributed by atoms with Crippen LogP contribution in [0.5, 0.6) is 0 Å². The molecule has 0 spiro atoms. The van der Waals surface area contributed by atoms with Crippen molar-refractivity contribution in [2.45, 2.75) is 33.4 Å². The lowest BCUT2D eigenvalue weighted by atomic mass is 9.76. The Labute approximate surface area is 125 Å². The Balaban J connectivity index is 2.25. The summed E-state index contributed by atoms with van der Waals surface area (Å²) in [5.41, 5.74) is 0.579. The number of carbonyl (C=O) groups is 2. The number of hydrogen-bond acceptors (Lipinski definition) is 2. The maximum atomic E-state index is 12.1. The van der Waals surface area contributed by atoms with Crippen LogP contribution in [0.25, 0.3) is 0 Å². The molecule has 1 aromatic carbocycles. The van der Waals surface area contributed by atoms with E-state index in [1.54, 1.807) is 4.90 Å². The number of carboxylic acids is 1. The molecule has 1 unspecified atom stereocenters. The van der Waals surface area contributed by atoms with Crippen LogP contribution in [0.15, 0.2) is 30.3 Å². The van der Waals surface area contributed by atoms with Gasteiger partial charge < -0.3 is 15.3 Å². The summed E-state index contributed by atoms with van der Waals surface area (Å²) in [5.74, 6) is -1.47. The number of benzene rings is 1. The van der Waals surface area contributed by atoms with Crippen molar-refractivity contribution in [3.63, 3.8) is 0 Å². The number of nitrogens with one attached hydrogen (secondary N) is 1. The second-order valence-electron chi connectivity index (χ2n) is 6.55. The fraction of sp³-hybridized carbons (Fsp3) is 0.500. The number of carboxylic acid groups (broad SMARTS) is 1. The van der Waals surface area contributed by atoms with Crippen LogP contribution in [0.3, 0.4) is 0 Å². The fourth-order valence-corrected chi connectivity index (χ4v) is 2.93. The number of rotatable bonds is 4. The predicted molar refractivity (Wildman–Crippen MR) is 79.8 cm³/mol. The van der Waals surface area contributed by atoms with E-state index in [0.29, 0.717) is 13.1 Å². The molecule has 2 N–H and O–H groups in total. The van der Waals surface area contributed by atoms with Gasteiger partial charge in [-0.25, -0.2) is 4.79 Å². The number of nitrogens with zero attached hydrogens (tertiary/aromatic N) is 1. The average Bonchev–Trinajstić information content (AvgIpc) is 2.71. The first-order chi connectivity index (χ1) is 9.80. The molecular formula is C16H22N2O3. The quantitative estimate of drug-likeness (QED) is 0.894. The SMILES string of the molecule is CC(C)(C)[C@H](C(=O)O)C1CNC(=O)N1Cc1ccccc1. The average molecular weight is 290 g/mol. The van der Waals surface area contributed by atoms with E-state index in [1.165, 1.54) is 0 Å². The van der Waals surface area contributed by atoms with Gasteiger partial charge >= 0.3 is 12.0 Å². The summed E-state index contributed by atoms with van der Waals surface area (Å²) < 4.78 is 0. The highest BCUT2D eigenvalue weighted by Crippen LogP contribution is 2.33. The fourth-order valence-electron chi connectivity index (χ4n) is 2.93. The van der Waals surface area contributed by atoms with Gasteiger partial charge in [0.25, 0.3) is 0 Å². The second kappa shape index (κ2) is 5.76. The van der Waals surface area contributed by atoms with Crippen molar-refractivity contribution < 1.29 is 14.7 Å². The lowest BCUT2D eigenvalue weighted by molar-refractivity contribution is -0.148. The van der Waals surface area contributed by atoms with Gasteiger partial charge in [-0.1, -0.05) is 51.1 Å². The lowest BCUT2D eigenvalue weighted by Gasteiger charge is -2.35. The topological polar surface area (TPSA) is 69.6 Å². The molecule has 1 aliphatic rings. The van der Waals surface area contributed by atoms with E-state index in [-0.39, 0.29) is 12.1 Å². The van der Waals surface area contributed by atoms with E-state index in [4.69, 9.17) is 0 Å². The molecule has 0 bridgehead atoms. The monoisotopic (exact) mass is 290 g/mol. The first-order valence-corrected chi connectivity index (χ1v) is 7.12. The summed E-state index contributed by atoms with van der Waals surface area (Å²) in [6, 6.07) is 9.09. The zero-order chi connectivity index (χ0) is 15.6. The van der Waals surface area contributed by atoms with Crippen LogP contribution in [-0.2, 0) is 11.3 Å². The summed E-state index contributed by atoms with van der Waals surface area (Å²) in [7, 11) is 0. The molecule has 1 saturated heterocycles. The van der Waals surface area contributed by atoms with Crippen LogP contribution in [-0.4, -0.2) is 34.6 Å². The van der Waals surface area contributed by atoms with Gasteiger partial charge in [-0.15, -0.1) is 0 Å². The molecule has 2 atom stereocenters. The zero-order valence-electron chi connectivity index (χ0n) is 12.7. The van der Waals surface area contributed by atoms with Crippen molar-refractivity contribution in [1.82, 2.24) is 10.2 Å². The Morgan fingerprint density at radius 1 is 1.38 bits per heavy atom. The molecule has 2 amide bonds. The van der Waals surface area contributed by atoms with Crippen molar-refractivity contribution in [1.29, 1.82) is 0 Å². The minimum absolute atomic E-state index is 0.195. The van der Waals surface area contributed by atoms with E-state index in [2.05, 4.69) is 5.32 Å². The van der Waals surface area contributed by atoms with Crippen LogP contribution < -0.4 is 5.32 Å². The molecule has 0 radical (unpaired) electrons. The summed E-state index contributed by atoms with van der Waals surface area (Å²) >= 11 is 0. The van der Waals surface area contributed by atoms with E-state index < -0.39 is 17.3 Å². The molecule has 0 saturated carbocycles. The number of amides is 2. The van der Waals surface area contributed by atoms with Gasteiger partial charge in [-0.2, -0.15) is 0 Å². The summed E-state index contributed by atoms with van der Waals surface area (Å²) in [5, 5.41) is 12.3. The summed E-state index contributed by atoms with van der Waals surface area (Å²) in [6.07, 6.45) is 0. The Bertz CT molecular complexity index is 522. The van der Waals surface area contributed by atoms with Gasteiger partial charge in [0.1, 0.15) is 0 Å². The van der Waals surface area contributed by atoms with E-state index in [1.807, 2.05) is 51.1 Å². The molecule has 5 nitrogen and oxygen atoms in total. The molecule has 1 aromatic rings. The zero-order valence-corrected chi connectivity index (χ0v) is 12.7. The third-order valence-electron chi connectivity index (χ3n) is 3.90. The minimum Gasteiger partial charge on any atom is -0.481 e.